The number of hydrogen-bond acceptors (Lipinski definition) is 2. The molecule has 1 nitrogen and oxygen atoms in total. The fourth-order valence-electron chi connectivity index (χ4n) is 2.82. The normalized spacial score (nSPS) is 27.4. The van der Waals surface area contributed by atoms with Gasteiger partial charge in [0.2, 0.25) is 0 Å². The first-order chi connectivity index (χ1) is 9.29. The molecule has 0 amide bonds. The van der Waals surface area contributed by atoms with E-state index in [1.165, 1.54) is 49.0 Å². The molecule has 2 saturated carbocycles. The minimum absolute atomic E-state index is 0.802. The molecule has 3 rings (SSSR count). The van der Waals surface area contributed by atoms with Gasteiger partial charge in [-0.1, -0.05) is 19.1 Å². The summed E-state index contributed by atoms with van der Waals surface area (Å²) in [4.78, 5) is 1.47. The third-order valence-electron chi connectivity index (χ3n) is 4.34. The third-order valence-corrected chi connectivity index (χ3v) is 5.67. The van der Waals surface area contributed by atoms with Crippen LogP contribution in [0, 0.1) is 5.92 Å². The molecule has 1 aromatic rings. The Bertz CT molecular complexity index is 405. The van der Waals surface area contributed by atoms with Crippen LogP contribution in [0.3, 0.4) is 0 Å². The molecule has 0 bridgehead atoms. The smallest absolute Gasteiger partial charge is 0.0208 e. The van der Waals surface area contributed by atoms with E-state index in [2.05, 4.69) is 48.3 Å². The largest absolute Gasteiger partial charge is 0.310 e. The van der Waals surface area contributed by atoms with E-state index in [0.29, 0.717) is 0 Å². The predicted octanol–water partition coefficient (Wildman–Crippen LogP) is 4.61. The van der Waals surface area contributed by atoms with Crippen LogP contribution in [-0.4, -0.2) is 11.3 Å². The van der Waals surface area contributed by atoms with Gasteiger partial charge in [0, 0.05) is 22.7 Å². The molecule has 0 spiro atoms. The van der Waals surface area contributed by atoms with Crippen LogP contribution in [0.5, 0.6) is 0 Å². The highest BCUT2D eigenvalue weighted by atomic mass is 32.2. The molecule has 0 saturated heterocycles. The van der Waals surface area contributed by atoms with Gasteiger partial charge >= 0.3 is 0 Å². The molecule has 0 aliphatic heterocycles. The van der Waals surface area contributed by atoms with Gasteiger partial charge in [-0.25, -0.2) is 0 Å². The summed E-state index contributed by atoms with van der Waals surface area (Å²) in [6, 6.07) is 9.94. The summed E-state index contributed by atoms with van der Waals surface area (Å²) >= 11 is 2.10. The van der Waals surface area contributed by atoms with Gasteiger partial charge in [0.05, 0.1) is 0 Å². The second-order valence-electron chi connectivity index (χ2n) is 6.30. The fraction of sp³-hybridized carbons (Fsp3) is 0.647. The molecule has 104 valence electrons. The van der Waals surface area contributed by atoms with E-state index in [1.54, 1.807) is 0 Å². The molecule has 2 aliphatic rings. The van der Waals surface area contributed by atoms with Gasteiger partial charge in [-0.2, -0.15) is 0 Å². The molecular weight excluding hydrogens is 250 g/mol. The summed E-state index contributed by atoms with van der Waals surface area (Å²) in [6.45, 7) is 3.44. The van der Waals surface area contributed by atoms with Crippen molar-refractivity contribution in [2.24, 2.45) is 5.92 Å². The van der Waals surface area contributed by atoms with Gasteiger partial charge in [0.15, 0.2) is 0 Å². The topological polar surface area (TPSA) is 12.0 Å². The van der Waals surface area contributed by atoms with Crippen molar-refractivity contribution in [3.63, 3.8) is 0 Å². The Hall–Kier alpha value is -0.470. The highest BCUT2D eigenvalue weighted by Gasteiger charge is 2.20. The monoisotopic (exact) mass is 275 g/mol. The Morgan fingerprint density at radius 3 is 2.63 bits per heavy atom. The molecule has 0 atom stereocenters. The molecule has 0 aromatic heterocycles. The minimum Gasteiger partial charge on any atom is -0.310 e. The first kappa shape index (κ1) is 13.5. The molecule has 2 aliphatic carbocycles. The Balaban J connectivity index is 1.53. The van der Waals surface area contributed by atoms with Crippen molar-refractivity contribution >= 4 is 11.8 Å². The van der Waals surface area contributed by atoms with Crippen LogP contribution in [0.2, 0.25) is 0 Å². The van der Waals surface area contributed by atoms with Crippen LogP contribution in [0.4, 0.5) is 0 Å². The van der Waals surface area contributed by atoms with Crippen molar-refractivity contribution < 1.29 is 0 Å². The summed E-state index contributed by atoms with van der Waals surface area (Å²) in [5.41, 5.74) is 1.45. The van der Waals surface area contributed by atoms with Gasteiger partial charge < -0.3 is 5.32 Å². The summed E-state index contributed by atoms with van der Waals surface area (Å²) in [5.74, 6) is 0.950. The van der Waals surface area contributed by atoms with E-state index in [9.17, 15) is 0 Å². The maximum absolute atomic E-state index is 3.60. The summed E-state index contributed by atoms with van der Waals surface area (Å²) in [5, 5.41) is 4.45. The molecule has 2 fully saturated rings. The number of nitrogens with one attached hydrogen (secondary N) is 1. The quantitative estimate of drug-likeness (QED) is 0.842. The summed E-state index contributed by atoms with van der Waals surface area (Å²) < 4.78 is 0. The number of rotatable bonds is 5. The number of benzene rings is 1. The first-order valence-electron chi connectivity index (χ1n) is 7.78. The average Bonchev–Trinajstić information content (AvgIpc) is 3.24. The highest BCUT2D eigenvalue weighted by molar-refractivity contribution is 8.00. The third kappa shape index (κ3) is 4.25. The van der Waals surface area contributed by atoms with Crippen LogP contribution >= 0.6 is 11.8 Å². The Kier molecular flexibility index (Phi) is 4.49. The second kappa shape index (κ2) is 6.32. The van der Waals surface area contributed by atoms with Gasteiger partial charge in [-0.3, -0.25) is 0 Å². The fourth-order valence-corrected chi connectivity index (χ4v) is 4.09. The summed E-state index contributed by atoms with van der Waals surface area (Å²) in [7, 11) is 0. The Morgan fingerprint density at radius 2 is 1.89 bits per heavy atom. The number of thioether (sulfide) groups is 1. The molecule has 19 heavy (non-hydrogen) atoms. The van der Waals surface area contributed by atoms with Crippen molar-refractivity contribution in [2.75, 3.05) is 0 Å². The maximum Gasteiger partial charge on any atom is 0.0208 e. The van der Waals surface area contributed by atoms with Crippen LogP contribution in [0.15, 0.2) is 29.2 Å². The van der Waals surface area contributed by atoms with Gasteiger partial charge in [-0.05, 0) is 62.1 Å². The van der Waals surface area contributed by atoms with Crippen molar-refractivity contribution in [3.05, 3.63) is 29.8 Å². The molecule has 1 N–H and O–H groups in total. The van der Waals surface area contributed by atoms with Crippen LogP contribution in [-0.2, 0) is 6.54 Å². The van der Waals surface area contributed by atoms with Gasteiger partial charge in [0.1, 0.15) is 0 Å². The zero-order valence-electron chi connectivity index (χ0n) is 11.9. The van der Waals surface area contributed by atoms with Crippen LogP contribution in [0.25, 0.3) is 0 Å². The van der Waals surface area contributed by atoms with E-state index in [0.717, 1.165) is 23.8 Å². The van der Waals surface area contributed by atoms with Gasteiger partial charge in [-0.15, -0.1) is 11.8 Å². The van der Waals surface area contributed by atoms with Crippen molar-refractivity contribution in [1.29, 1.82) is 0 Å². The molecule has 1 aromatic carbocycles. The van der Waals surface area contributed by atoms with E-state index in [4.69, 9.17) is 0 Å². The Labute approximate surface area is 121 Å². The second-order valence-corrected chi connectivity index (χ2v) is 7.68. The lowest BCUT2D eigenvalue weighted by Gasteiger charge is -2.25. The van der Waals surface area contributed by atoms with E-state index in [1.807, 2.05) is 0 Å². The highest BCUT2D eigenvalue weighted by Crippen LogP contribution is 2.35. The lowest BCUT2D eigenvalue weighted by atomic mass is 9.91. The van der Waals surface area contributed by atoms with Crippen LogP contribution in [0.1, 0.15) is 51.0 Å². The maximum atomic E-state index is 3.60. The standard InChI is InChI=1S/C17H25NS/c1-13-5-9-16(10-6-13)19-17-4-2-3-14(11-17)12-18-15-7-8-15/h2-4,11,13,15-16,18H,5-10,12H2,1H3. The Morgan fingerprint density at radius 1 is 1.11 bits per heavy atom. The molecular formula is C17H25NS. The van der Waals surface area contributed by atoms with Crippen LogP contribution < -0.4 is 5.32 Å². The lowest BCUT2D eigenvalue weighted by Crippen LogP contribution is -2.15. The van der Waals surface area contributed by atoms with E-state index < -0.39 is 0 Å². The minimum atomic E-state index is 0.802. The molecule has 0 heterocycles. The number of hydrogen-bond donors (Lipinski definition) is 1. The van der Waals surface area contributed by atoms with Gasteiger partial charge in [0.25, 0.3) is 0 Å². The zero-order valence-corrected chi connectivity index (χ0v) is 12.7. The van der Waals surface area contributed by atoms with E-state index >= 15 is 0 Å². The molecule has 0 unspecified atom stereocenters. The predicted molar refractivity (Wildman–Crippen MR) is 83.6 cm³/mol. The van der Waals surface area contributed by atoms with Crippen molar-refractivity contribution in [3.8, 4) is 0 Å². The molecule has 0 radical (unpaired) electrons. The summed E-state index contributed by atoms with van der Waals surface area (Å²) in [6.07, 6.45) is 8.37. The van der Waals surface area contributed by atoms with Crippen molar-refractivity contribution in [2.45, 2.75) is 68.2 Å². The zero-order chi connectivity index (χ0) is 13.1. The lowest BCUT2D eigenvalue weighted by molar-refractivity contribution is 0.393. The molecule has 2 heteroatoms. The van der Waals surface area contributed by atoms with Crippen molar-refractivity contribution in [1.82, 2.24) is 5.32 Å². The SMILES string of the molecule is CC1CCC(Sc2cccc(CNC3CC3)c2)CC1. The van der Waals surface area contributed by atoms with E-state index in [-0.39, 0.29) is 0 Å². The first-order valence-corrected chi connectivity index (χ1v) is 8.66. The average molecular weight is 275 g/mol.